The second-order valence-corrected chi connectivity index (χ2v) is 28.4. The molecular formula is C79H147ClN2O9S. The summed E-state index contributed by atoms with van der Waals surface area (Å²) in [4.78, 5) is 83.1. The van der Waals surface area contributed by atoms with Gasteiger partial charge in [-0.05, 0) is 83.3 Å². The first kappa shape index (κ1) is 93.5. The van der Waals surface area contributed by atoms with Gasteiger partial charge < -0.3 is 17.0 Å². The number of quaternary nitrogens is 2. The minimum absolute atomic E-state index is 0. The molecule has 0 heterocycles. The van der Waals surface area contributed by atoms with Crippen LogP contribution in [0.3, 0.4) is 0 Å². The summed E-state index contributed by atoms with van der Waals surface area (Å²) in [5, 5.41) is 0. The molecule has 6 amide bonds. The molecule has 0 spiro atoms. The van der Waals surface area contributed by atoms with Crippen LogP contribution in [0.15, 0.2) is 29.2 Å². The Bertz CT molecular complexity index is 1790. The molecule has 11 nitrogen and oxygen atoms in total. The van der Waals surface area contributed by atoms with Crippen LogP contribution in [0.1, 0.15) is 421 Å². The quantitative estimate of drug-likeness (QED) is 0.0351. The van der Waals surface area contributed by atoms with Crippen molar-refractivity contribution in [1.82, 2.24) is 0 Å². The monoisotopic (exact) mass is 1340 g/mol. The highest BCUT2D eigenvalue weighted by Crippen LogP contribution is 2.27. The molecule has 0 aliphatic rings. The molecule has 1 rings (SSSR count). The summed E-state index contributed by atoms with van der Waals surface area (Å²) in [5.41, 5.74) is 0.928. The van der Waals surface area contributed by atoms with Crippen molar-refractivity contribution in [3.05, 3.63) is 29.8 Å². The number of carbonyl (C=O) groups excluding carboxylic acids is 6. The van der Waals surface area contributed by atoms with Gasteiger partial charge in [0.05, 0.1) is 43.4 Å². The van der Waals surface area contributed by atoms with Crippen molar-refractivity contribution in [1.29, 1.82) is 0 Å². The average Bonchev–Trinajstić information content (AvgIpc) is 0.847. The molecule has 0 unspecified atom stereocenters. The van der Waals surface area contributed by atoms with Gasteiger partial charge in [0, 0.05) is 0 Å². The number of hydrogen-bond donors (Lipinski definition) is 0. The third-order valence-electron chi connectivity index (χ3n) is 18.5. The number of nitrogens with zero attached hydrogens (tertiary/aromatic N) is 2. The summed E-state index contributed by atoms with van der Waals surface area (Å²) >= 11 is 0. The van der Waals surface area contributed by atoms with Gasteiger partial charge in [0.25, 0.3) is 0 Å². The second kappa shape index (κ2) is 65.6. The van der Waals surface area contributed by atoms with Crippen LogP contribution in [0.5, 0.6) is 0 Å². The predicted octanol–water partition coefficient (Wildman–Crippen LogP) is 20.7. The first-order chi connectivity index (χ1) is 44.0. The van der Waals surface area contributed by atoms with Gasteiger partial charge in [-0.3, -0.25) is 0 Å². The van der Waals surface area contributed by atoms with Crippen molar-refractivity contribution < 1.29 is 63.1 Å². The summed E-state index contributed by atoms with van der Waals surface area (Å²) in [7, 11) is -4.27. The number of carbonyl (C=O) groups is 6. The normalized spacial score (nSPS) is 11.5. The third kappa shape index (κ3) is 47.3. The number of benzene rings is 1. The molecule has 0 saturated heterocycles. The molecule has 13 heteroatoms. The average molecular weight is 1340 g/mol. The van der Waals surface area contributed by atoms with E-state index in [9.17, 15) is 41.7 Å². The Morgan fingerprint density at radius 3 is 0.587 bits per heavy atom. The van der Waals surface area contributed by atoms with Crippen molar-refractivity contribution in [3.8, 4) is 0 Å². The number of rotatable bonds is 59. The number of halogens is 1. The molecule has 1 aromatic carbocycles. The van der Waals surface area contributed by atoms with E-state index in [0.29, 0.717) is 51.6 Å². The molecule has 540 valence electrons. The lowest BCUT2D eigenvalue weighted by Crippen LogP contribution is -3.00. The highest BCUT2D eigenvalue weighted by Gasteiger charge is 2.50. The maximum atomic E-state index is 13.9. The smallest absolute Gasteiger partial charge is 0.328 e. The van der Waals surface area contributed by atoms with Gasteiger partial charge in [-0.15, -0.1) is 8.97 Å². The topological polar surface area (TPSA) is 160 Å². The zero-order valence-corrected chi connectivity index (χ0v) is 63.2. The van der Waals surface area contributed by atoms with E-state index in [-0.39, 0.29) is 52.7 Å². The second-order valence-electron chi connectivity index (χ2n) is 27.0. The van der Waals surface area contributed by atoms with Crippen LogP contribution in [-0.4, -0.2) is 70.5 Å². The fraction of sp³-hybridized carbons (Fsp3) is 0.848. The Morgan fingerprint density at radius 1 is 0.272 bits per heavy atom. The molecule has 0 aliphatic carbocycles. The van der Waals surface area contributed by atoms with E-state index >= 15 is 0 Å². The van der Waals surface area contributed by atoms with Crippen molar-refractivity contribution in [3.63, 3.8) is 0 Å². The molecular weight excluding hydrogens is 1190 g/mol. The molecule has 0 N–H and O–H groups in total. The van der Waals surface area contributed by atoms with Gasteiger partial charge in [0.1, 0.15) is 23.2 Å². The van der Waals surface area contributed by atoms with E-state index in [1.54, 1.807) is 12.1 Å². The zero-order chi connectivity index (χ0) is 68.0. The van der Waals surface area contributed by atoms with Gasteiger partial charge in [-0.2, -0.15) is 0 Å². The standard InChI is InChI=1S/2C36H70NO3.C7H8O3S.ClH/c2*1-5-9-13-17-18-19-20-21-25-29-33-37(34(38)30-26-22-14-10-6-2,35(39)31-27-23-15-11-7-3)36(40)32-28-24-16-12-8-4;1-6-2-4-7(5-3-6)11(8,9)10;/h2*5-33H2,1-4H3;2-5H,1H3,(H,8,9,10);1H/q2*+1;;/p-2. The number of hydrogen-bond acceptors (Lipinski definition) is 9. The van der Waals surface area contributed by atoms with Gasteiger partial charge in [-0.25, -0.2) is 37.2 Å². The maximum Gasteiger partial charge on any atom is 0.328 e. The van der Waals surface area contributed by atoms with Gasteiger partial charge in [-0.1, -0.05) is 330 Å². The molecule has 1 aromatic rings. The van der Waals surface area contributed by atoms with Crippen LogP contribution < -0.4 is 12.4 Å². The lowest BCUT2D eigenvalue weighted by Gasteiger charge is -2.31. The third-order valence-corrected chi connectivity index (χ3v) is 19.4. The fourth-order valence-electron chi connectivity index (χ4n) is 12.4. The fourth-order valence-corrected chi connectivity index (χ4v) is 12.9. The number of imide groups is 6. The molecule has 0 saturated carbocycles. The summed E-state index contributed by atoms with van der Waals surface area (Å²) in [6, 6.07) is 5.78. The Labute approximate surface area is 575 Å². The first-order valence-electron chi connectivity index (χ1n) is 39.0. The number of unbranched alkanes of at least 4 members (excludes halogenated alkanes) is 42. The van der Waals surface area contributed by atoms with Crippen molar-refractivity contribution in [2.24, 2.45) is 0 Å². The minimum atomic E-state index is -4.27. The number of amides is 6. The summed E-state index contributed by atoms with van der Waals surface area (Å²) in [6.45, 7) is 20.3. The molecule has 92 heavy (non-hydrogen) atoms. The predicted molar refractivity (Wildman–Crippen MR) is 383 cm³/mol. The van der Waals surface area contributed by atoms with Crippen molar-refractivity contribution >= 4 is 45.6 Å². The van der Waals surface area contributed by atoms with E-state index in [4.69, 9.17) is 0 Å². The van der Waals surface area contributed by atoms with E-state index in [0.717, 1.165) is 160 Å². The molecule has 0 atom stereocenters. The van der Waals surface area contributed by atoms with Crippen molar-refractivity contribution in [2.45, 2.75) is 427 Å². The zero-order valence-electron chi connectivity index (χ0n) is 61.7. The van der Waals surface area contributed by atoms with E-state index in [1.807, 2.05) is 6.92 Å². The van der Waals surface area contributed by atoms with Crippen LogP contribution in [0.2, 0.25) is 0 Å². The van der Waals surface area contributed by atoms with Gasteiger partial charge >= 0.3 is 35.4 Å². The molecule has 0 aliphatic heterocycles. The van der Waals surface area contributed by atoms with Crippen molar-refractivity contribution in [2.75, 3.05) is 13.1 Å². The first-order valence-corrected chi connectivity index (χ1v) is 40.4. The lowest BCUT2D eigenvalue weighted by atomic mass is 10.0. The molecule has 0 fully saturated rings. The SMILES string of the molecule is CCCCCCCCCCCC[N+](C(=O)CCCCCCC)(C(=O)CCCCCCC)C(=O)CCCCCCC.CCCCCCCCCCCC[N+](C(=O)CCCCCCC)(C(=O)CCCCCCC)C(=O)CCCCCCC.Cc1ccc(S(=O)(=O)[O-])cc1.[Cl-]. The molecule has 0 bridgehead atoms. The summed E-state index contributed by atoms with van der Waals surface area (Å²) in [5.74, 6) is -0.641. The van der Waals surface area contributed by atoms with E-state index in [1.165, 1.54) is 179 Å². The van der Waals surface area contributed by atoms with Gasteiger partial charge in [0.15, 0.2) is 0 Å². The maximum absolute atomic E-state index is 13.9. The van der Waals surface area contributed by atoms with Crippen LogP contribution in [0.25, 0.3) is 0 Å². The van der Waals surface area contributed by atoms with Crippen LogP contribution >= 0.6 is 0 Å². The lowest BCUT2D eigenvalue weighted by molar-refractivity contribution is -0.705. The highest BCUT2D eigenvalue weighted by atomic mass is 35.5. The summed E-state index contributed by atoms with van der Waals surface area (Å²) < 4.78 is 30.2. The highest BCUT2D eigenvalue weighted by molar-refractivity contribution is 7.85. The van der Waals surface area contributed by atoms with E-state index in [2.05, 4.69) is 55.4 Å². The Balaban J connectivity index is -0.00000146. The largest absolute Gasteiger partial charge is 1.00 e. The Kier molecular flexibility index (Phi) is 66.7. The summed E-state index contributed by atoms with van der Waals surface area (Å²) in [6.07, 6.45) is 57.9. The molecule has 0 radical (unpaired) electrons. The number of aryl methyl sites for hydroxylation is 1. The minimum Gasteiger partial charge on any atom is -1.00 e. The van der Waals surface area contributed by atoms with E-state index < -0.39 is 19.1 Å². The molecule has 0 aromatic heterocycles. The van der Waals surface area contributed by atoms with Gasteiger partial charge in [0.2, 0.25) is 0 Å². The van der Waals surface area contributed by atoms with Crippen LogP contribution in [0, 0.1) is 6.92 Å². The van der Waals surface area contributed by atoms with Crippen LogP contribution in [-0.2, 0) is 38.9 Å². The Morgan fingerprint density at radius 2 is 0.424 bits per heavy atom. The van der Waals surface area contributed by atoms with Crippen LogP contribution in [0.4, 0.5) is 0 Å². The Hall–Kier alpha value is -2.64.